The van der Waals surface area contributed by atoms with Crippen LogP contribution in [-0.2, 0) is 4.74 Å². The lowest BCUT2D eigenvalue weighted by atomic mass is 9.98. The smallest absolute Gasteiger partial charge is 0.0880 e. The third kappa shape index (κ3) is 3.65. The lowest BCUT2D eigenvalue weighted by Crippen LogP contribution is -2.42. The fraction of sp³-hybridized carbons (Fsp3) is 1.00. The molecule has 0 aromatic carbocycles. The second-order valence-electron chi connectivity index (χ2n) is 5.66. The highest BCUT2D eigenvalue weighted by Crippen LogP contribution is 2.25. The first-order chi connectivity index (χ1) is 7.92. The zero-order valence-corrected chi connectivity index (χ0v) is 11.5. The Kier molecular flexibility index (Phi) is 5.38. The molecule has 1 saturated heterocycles. The zero-order chi connectivity index (χ0) is 13.1. The Balaban J connectivity index is 2.41. The molecule has 1 fully saturated rings. The molecule has 0 aromatic heterocycles. The number of rotatable bonds is 6. The van der Waals surface area contributed by atoms with E-state index in [-0.39, 0.29) is 12.6 Å². The molecule has 3 atom stereocenters. The van der Waals surface area contributed by atoms with Gasteiger partial charge in [0.25, 0.3) is 0 Å². The molecule has 1 aliphatic rings. The SMILES string of the molecule is COC(C)(C)C(O)CCN1CCC(C)C1CO. The van der Waals surface area contributed by atoms with Crippen molar-refractivity contribution in [3.63, 3.8) is 0 Å². The first-order valence-corrected chi connectivity index (χ1v) is 6.50. The Morgan fingerprint density at radius 1 is 1.47 bits per heavy atom. The molecule has 3 unspecified atom stereocenters. The molecule has 1 rings (SSSR count). The third-order valence-corrected chi connectivity index (χ3v) is 4.20. The van der Waals surface area contributed by atoms with Gasteiger partial charge in [-0.05, 0) is 39.2 Å². The van der Waals surface area contributed by atoms with Crippen molar-refractivity contribution in [3.05, 3.63) is 0 Å². The summed E-state index contributed by atoms with van der Waals surface area (Å²) >= 11 is 0. The maximum atomic E-state index is 10.0. The highest BCUT2D eigenvalue weighted by atomic mass is 16.5. The average Bonchev–Trinajstić information content (AvgIpc) is 2.66. The topological polar surface area (TPSA) is 52.9 Å². The number of methoxy groups -OCH3 is 1. The van der Waals surface area contributed by atoms with E-state index in [2.05, 4.69) is 11.8 Å². The fourth-order valence-electron chi connectivity index (χ4n) is 2.43. The minimum atomic E-state index is -0.500. The number of aliphatic hydroxyl groups excluding tert-OH is 2. The van der Waals surface area contributed by atoms with Crippen LogP contribution < -0.4 is 0 Å². The molecule has 102 valence electrons. The van der Waals surface area contributed by atoms with Crippen LogP contribution in [-0.4, -0.2) is 59.7 Å². The molecule has 0 aromatic rings. The van der Waals surface area contributed by atoms with Crippen molar-refractivity contribution in [1.82, 2.24) is 4.90 Å². The molecule has 1 aliphatic heterocycles. The van der Waals surface area contributed by atoms with Crippen molar-refractivity contribution in [2.45, 2.75) is 51.4 Å². The molecular weight excluding hydrogens is 218 g/mol. The molecular formula is C13H27NO3. The summed E-state index contributed by atoms with van der Waals surface area (Å²) in [5, 5.41) is 19.4. The van der Waals surface area contributed by atoms with E-state index in [1.807, 2.05) is 13.8 Å². The maximum Gasteiger partial charge on any atom is 0.0880 e. The summed E-state index contributed by atoms with van der Waals surface area (Å²) in [4.78, 5) is 2.28. The molecule has 2 N–H and O–H groups in total. The van der Waals surface area contributed by atoms with Crippen molar-refractivity contribution in [2.24, 2.45) is 5.92 Å². The zero-order valence-electron chi connectivity index (χ0n) is 11.5. The predicted molar refractivity (Wildman–Crippen MR) is 67.9 cm³/mol. The van der Waals surface area contributed by atoms with Gasteiger partial charge in [-0.25, -0.2) is 0 Å². The van der Waals surface area contributed by atoms with Crippen LogP contribution in [0.2, 0.25) is 0 Å². The summed E-state index contributed by atoms with van der Waals surface area (Å²) in [6, 6.07) is 0.257. The number of hydrogen-bond donors (Lipinski definition) is 2. The molecule has 1 heterocycles. The molecule has 0 radical (unpaired) electrons. The van der Waals surface area contributed by atoms with Crippen molar-refractivity contribution in [1.29, 1.82) is 0 Å². The molecule has 4 heteroatoms. The Hall–Kier alpha value is -0.160. The van der Waals surface area contributed by atoms with Gasteiger partial charge in [0.1, 0.15) is 0 Å². The second kappa shape index (κ2) is 6.14. The Bertz CT molecular complexity index is 233. The van der Waals surface area contributed by atoms with Crippen LogP contribution in [0.25, 0.3) is 0 Å². The van der Waals surface area contributed by atoms with E-state index in [1.165, 1.54) is 0 Å². The second-order valence-corrected chi connectivity index (χ2v) is 5.66. The molecule has 4 nitrogen and oxygen atoms in total. The summed E-state index contributed by atoms with van der Waals surface area (Å²) in [5.41, 5.74) is -0.500. The van der Waals surface area contributed by atoms with Crippen molar-refractivity contribution in [2.75, 3.05) is 26.8 Å². The van der Waals surface area contributed by atoms with Crippen LogP contribution in [0.15, 0.2) is 0 Å². The minimum Gasteiger partial charge on any atom is -0.395 e. The molecule has 0 bridgehead atoms. The lowest BCUT2D eigenvalue weighted by Gasteiger charge is -2.32. The lowest BCUT2D eigenvalue weighted by molar-refractivity contribution is -0.0830. The summed E-state index contributed by atoms with van der Waals surface area (Å²) in [6.45, 7) is 8.03. The number of hydrogen-bond acceptors (Lipinski definition) is 4. The first-order valence-electron chi connectivity index (χ1n) is 6.50. The van der Waals surface area contributed by atoms with Gasteiger partial charge in [-0.15, -0.1) is 0 Å². The van der Waals surface area contributed by atoms with Gasteiger partial charge >= 0.3 is 0 Å². The van der Waals surface area contributed by atoms with E-state index in [9.17, 15) is 10.2 Å². The van der Waals surface area contributed by atoms with E-state index in [0.29, 0.717) is 12.3 Å². The van der Waals surface area contributed by atoms with Crippen LogP contribution in [0.4, 0.5) is 0 Å². The van der Waals surface area contributed by atoms with Crippen LogP contribution in [0.5, 0.6) is 0 Å². The van der Waals surface area contributed by atoms with Crippen LogP contribution in [0.1, 0.15) is 33.6 Å². The Morgan fingerprint density at radius 3 is 2.65 bits per heavy atom. The van der Waals surface area contributed by atoms with Gasteiger partial charge in [-0.3, -0.25) is 4.90 Å². The van der Waals surface area contributed by atoms with Gasteiger partial charge in [-0.2, -0.15) is 0 Å². The van der Waals surface area contributed by atoms with Gasteiger partial charge in [0.05, 0.1) is 18.3 Å². The molecule has 0 aliphatic carbocycles. The number of likely N-dealkylation sites (tertiary alicyclic amines) is 1. The van der Waals surface area contributed by atoms with Gasteiger partial charge in [0.2, 0.25) is 0 Å². The predicted octanol–water partition coefficient (Wildman–Crippen LogP) is 0.865. The van der Waals surface area contributed by atoms with E-state index in [1.54, 1.807) is 7.11 Å². The highest BCUT2D eigenvalue weighted by Gasteiger charge is 2.32. The van der Waals surface area contributed by atoms with Crippen molar-refractivity contribution in [3.8, 4) is 0 Å². The Morgan fingerprint density at radius 2 is 2.12 bits per heavy atom. The van der Waals surface area contributed by atoms with Crippen LogP contribution in [0.3, 0.4) is 0 Å². The molecule has 0 spiro atoms. The summed E-state index contributed by atoms with van der Waals surface area (Å²) < 4.78 is 5.27. The molecule has 17 heavy (non-hydrogen) atoms. The third-order valence-electron chi connectivity index (χ3n) is 4.20. The summed E-state index contributed by atoms with van der Waals surface area (Å²) in [7, 11) is 1.62. The monoisotopic (exact) mass is 245 g/mol. The van der Waals surface area contributed by atoms with Gasteiger partial charge in [-0.1, -0.05) is 6.92 Å². The van der Waals surface area contributed by atoms with E-state index < -0.39 is 11.7 Å². The standard InChI is InChI=1S/C13H27NO3/c1-10-5-7-14(11(10)9-15)8-6-12(16)13(2,3)17-4/h10-12,15-16H,5-9H2,1-4H3. The van der Waals surface area contributed by atoms with Gasteiger partial charge in [0.15, 0.2) is 0 Å². The number of aliphatic hydroxyl groups is 2. The van der Waals surface area contributed by atoms with Crippen molar-refractivity contribution >= 4 is 0 Å². The Labute approximate surface area is 105 Å². The first kappa shape index (κ1) is 14.9. The molecule has 0 amide bonds. The minimum absolute atomic E-state index is 0.213. The van der Waals surface area contributed by atoms with Crippen LogP contribution >= 0.6 is 0 Å². The maximum absolute atomic E-state index is 10.0. The average molecular weight is 245 g/mol. The summed E-state index contributed by atoms with van der Waals surface area (Å²) in [6.07, 6.45) is 1.35. The normalized spacial score (nSPS) is 28.6. The van der Waals surface area contributed by atoms with E-state index >= 15 is 0 Å². The highest BCUT2D eigenvalue weighted by molar-refractivity contribution is 4.86. The van der Waals surface area contributed by atoms with Gasteiger partial charge in [0, 0.05) is 19.7 Å². The van der Waals surface area contributed by atoms with E-state index in [0.717, 1.165) is 19.5 Å². The number of ether oxygens (including phenoxy) is 1. The fourth-order valence-corrected chi connectivity index (χ4v) is 2.43. The largest absolute Gasteiger partial charge is 0.395 e. The van der Waals surface area contributed by atoms with E-state index in [4.69, 9.17) is 4.74 Å². The molecule has 0 saturated carbocycles. The van der Waals surface area contributed by atoms with Crippen LogP contribution in [0, 0.1) is 5.92 Å². The van der Waals surface area contributed by atoms with Gasteiger partial charge < -0.3 is 14.9 Å². The summed E-state index contributed by atoms with van der Waals surface area (Å²) in [5.74, 6) is 0.549. The van der Waals surface area contributed by atoms with Crippen molar-refractivity contribution < 1.29 is 14.9 Å². The quantitative estimate of drug-likeness (QED) is 0.729. The number of nitrogens with zero attached hydrogens (tertiary/aromatic N) is 1.